The van der Waals surface area contributed by atoms with Gasteiger partial charge in [-0.25, -0.2) is 0 Å². The van der Waals surface area contributed by atoms with Crippen LogP contribution in [-0.2, 0) is 4.79 Å². The summed E-state index contributed by atoms with van der Waals surface area (Å²) in [4.78, 5) is 23.1. The molecule has 1 fully saturated rings. The van der Waals surface area contributed by atoms with Gasteiger partial charge in [0, 0.05) is 23.5 Å². The molecule has 2 aromatic rings. The molecule has 1 aromatic carbocycles. The number of nitro benzene ring substituents is 1. The van der Waals surface area contributed by atoms with Gasteiger partial charge in [-0.1, -0.05) is 12.8 Å². The first-order valence-corrected chi connectivity index (χ1v) is 9.80. The van der Waals surface area contributed by atoms with Gasteiger partial charge in [0.05, 0.1) is 23.8 Å². The van der Waals surface area contributed by atoms with Crippen LogP contribution in [0.5, 0.6) is 5.75 Å². The SMILES string of the molecule is COc1cc([N+](=O)[O-])ccc1-n1c(C)cc(/C=C(/C#N)C(=O)NC2CCCC2)c1C. The molecular weight excluding hydrogens is 384 g/mol. The number of methoxy groups -OCH3 is 1. The highest BCUT2D eigenvalue weighted by Gasteiger charge is 2.21. The monoisotopic (exact) mass is 408 g/mol. The molecule has 1 N–H and O–H groups in total. The molecule has 0 unspecified atom stereocenters. The van der Waals surface area contributed by atoms with Crippen molar-refractivity contribution in [3.63, 3.8) is 0 Å². The number of aryl methyl sites for hydroxylation is 1. The third kappa shape index (κ3) is 4.20. The smallest absolute Gasteiger partial charge is 0.273 e. The van der Waals surface area contributed by atoms with Gasteiger partial charge in [-0.05, 0) is 50.5 Å². The Kier molecular flexibility index (Phi) is 6.21. The molecule has 1 saturated carbocycles. The number of nitriles is 1. The Bertz CT molecular complexity index is 1060. The minimum Gasteiger partial charge on any atom is -0.494 e. The van der Waals surface area contributed by atoms with Crippen molar-refractivity contribution in [3.05, 3.63) is 56.9 Å². The number of non-ortho nitro benzene ring substituents is 1. The fourth-order valence-electron chi connectivity index (χ4n) is 3.91. The van der Waals surface area contributed by atoms with Crippen LogP contribution in [0.3, 0.4) is 0 Å². The van der Waals surface area contributed by atoms with Crippen LogP contribution in [0.4, 0.5) is 5.69 Å². The molecule has 30 heavy (non-hydrogen) atoms. The van der Waals surface area contributed by atoms with Crippen molar-refractivity contribution in [3.8, 4) is 17.5 Å². The van der Waals surface area contributed by atoms with E-state index < -0.39 is 4.92 Å². The normalized spacial score (nSPS) is 14.4. The average Bonchev–Trinajstić information content (AvgIpc) is 3.33. The summed E-state index contributed by atoms with van der Waals surface area (Å²) in [6, 6.07) is 8.43. The predicted octanol–water partition coefficient (Wildman–Crippen LogP) is 3.98. The minimum absolute atomic E-state index is 0.0535. The standard InChI is InChI=1S/C22H24N4O4/c1-14-10-16(11-17(13-23)22(27)24-18-6-4-5-7-18)15(2)25(14)20-9-8-19(26(28)29)12-21(20)30-3/h8-12,18H,4-7H2,1-3H3,(H,24,27)/b17-11-. The van der Waals surface area contributed by atoms with Gasteiger partial charge in [-0.3, -0.25) is 14.9 Å². The number of hydrogen-bond donors (Lipinski definition) is 1. The van der Waals surface area contributed by atoms with E-state index in [1.54, 1.807) is 12.1 Å². The highest BCUT2D eigenvalue weighted by Crippen LogP contribution is 2.32. The van der Waals surface area contributed by atoms with Gasteiger partial charge in [-0.15, -0.1) is 0 Å². The maximum atomic E-state index is 12.5. The lowest BCUT2D eigenvalue weighted by molar-refractivity contribution is -0.384. The van der Waals surface area contributed by atoms with E-state index in [0.717, 1.165) is 42.6 Å². The third-order valence-corrected chi connectivity index (χ3v) is 5.44. The number of rotatable bonds is 6. The van der Waals surface area contributed by atoms with Crippen LogP contribution in [0.15, 0.2) is 29.8 Å². The highest BCUT2D eigenvalue weighted by molar-refractivity contribution is 6.02. The quantitative estimate of drug-likeness (QED) is 0.336. The number of hydrogen-bond acceptors (Lipinski definition) is 5. The zero-order chi connectivity index (χ0) is 21.8. The molecule has 1 aliphatic carbocycles. The van der Waals surface area contributed by atoms with Gasteiger partial charge in [0.1, 0.15) is 17.4 Å². The molecule has 1 aromatic heterocycles. The van der Waals surface area contributed by atoms with Crippen LogP contribution < -0.4 is 10.1 Å². The molecular formula is C22H24N4O4. The largest absolute Gasteiger partial charge is 0.494 e. The molecule has 0 aliphatic heterocycles. The molecule has 3 rings (SSSR count). The Labute approximate surface area is 174 Å². The molecule has 1 aliphatic rings. The lowest BCUT2D eigenvalue weighted by atomic mass is 10.1. The van der Waals surface area contributed by atoms with Gasteiger partial charge in [0.25, 0.3) is 11.6 Å². The van der Waals surface area contributed by atoms with Gasteiger partial charge in [-0.2, -0.15) is 5.26 Å². The summed E-state index contributed by atoms with van der Waals surface area (Å²) < 4.78 is 7.25. The Morgan fingerprint density at radius 2 is 2.03 bits per heavy atom. The zero-order valence-corrected chi connectivity index (χ0v) is 17.3. The number of benzene rings is 1. The van der Waals surface area contributed by atoms with Gasteiger partial charge < -0.3 is 14.6 Å². The minimum atomic E-state index is -0.474. The summed E-state index contributed by atoms with van der Waals surface area (Å²) in [6.45, 7) is 3.75. The van der Waals surface area contributed by atoms with Crippen molar-refractivity contribution in [2.45, 2.75) is 45.6 Å². The molecule has 0 saturated heterocycles. The van der Waals surface area contributed by atoms with Crippen LogP contribution in [0.25, 0.3) is 11.8 Å². The molecule has 0 bridgehead atoms. The van der Waals surface area contributed by atoms with E-state index in [9.17, 15) is 20.2 Å². The van der Waals surface area contributed by atoms with E-state index in [-0.39, 0.29) is 23.2 Å². The number of nitrogens with one attached hydrogen (secondary N) is 1. The third-order valence-electron chi connectivity index (χ3n) is 5.44. The molecule has 0 spiro atoms. The second-order valence-corrected chi connectivity index (χ2v) is 7.40. The summed E-state index contributed by atoms with van der Waals surface area (Å²) in [5.74, 6) is 0.00290. The van der Waals surface area contributed by atoms with Crippen molar-refractivity contribution < 1.29 is 14.5 Å². The van der Waals surface area contributed by atoms with Crippen LogP contribution in [0, 0.1) is 35.3 Å². The van der Waals surface area contributed by atoms with Crippen molar-refractivity contribution in [2.24, 2.45) is 0 Å². The number of nitro groups is 1. The Morgan fingerprint density at radius 3 is 2.63 bits per heavy atom. The fraction of sp³-hybridized carbons (Fsp3) is 0.364. The molecule has 156 valence electrons. The number of ether oxygens (including phenoxy) is 1. The van der Waals surface area contributed by atoms with Gasteiger partial charge in [0.2, 0.25) is 0 Å². The first-order valence-electron chi connectivity index (χ1n) is 9.80. The molecule has 8 nitrogen and oxygen atoms in total. The van der Waals surface area contributed by atoms with E-state index in [1.165, 1.54) is 19.2 Å². The molecule has 1 amide bonds. The van der Waals surface area contributed by atoms with Crippen molar-refractivity contribution in [1.29, 1.82) is 5.26 Å². The van der Waals surface area contributed by atoms with Gasteiger partial charge >= 0.3 is 0 Å². The van der Waals surface area contributed by atoms with E-state index in [1.807, 2.05) is 30.6 Å². The Balaban J connectivity index is 1.97. The number of carbonyl (C=O) groups excluding carboxylic acids is 1. The average molecular weight is 408 g/mol. The first-order chi connectivity index (χ1) is 14.3. The lowest BCUT2D eigenvalue weighted by Gasteiger charge is -2.14. The summed E-state index contributed by atoms with van der Waals surface area (Å²) in [5, 5.41) is 23.5. The maximum absolute atomic E-state index is 12.5. The van der Waals surface area contributed by atoms with Crippen molar-refractivity contribution >= 4 is 17.7 Å². The van der Waals surface area contributed by atoms with Crippen molar-refractivity contribution in [1.82, 2.24) is 9.88 Å². The number of aromatic nitrogens is 1. The predicted molar refractivity (Wildman–Crippen MR) is 112 cm³/mol. The summed E-state index contributed by atoms with van der Waals surface area (Å²) in [6.07, 6.45) is 5.66. The van der Waals surface area contributed by atoms with E-state index >= 15 is 0 Å². The van der Waals surface area contributed by atoms with E-state index in [0.29, 0.717) is 11.4 Å². The van der Waals surface area contributed by atoms with Crippen LogP contribution >= 0.6 is 0 Å². The summed E-state index contributed by atoms with van der Waals surface area (Å²) in [5.41, 5.74) is 3.00. The second kappa shape index (κ2) is 8.82. The topological polar surface area (TPSA) is 110 Å². The number of amides is 1. The van der Waals surface area contributed by atoms with Crippen LogP contribution in [0.1, 0.15) is 42.6 Å². The summed E-state index contributed by atoms with van der Waals surface area (Å²) >= 11 is 0. The van der Waals surface area contributed by atoms with Gasteiger partial charge in [0.15, 0.2) is 0 Å². The van der Waals surface area contributed by atoms with E-state index in [4.69, 9.17) is 4.74 Å². The molecule has 1 heterocycles. The molecule has 0 atom stereocenters. The number of nitrogens with zero attached hydrogens (tertiary/aromatic N) is 3. The highest BCUT2D eigenvalue weighted by atomic mass is 16.6. The van der Waals surface area contributed by atoms with Crippen LogP contribution in [-0.4, -0.2) is 28.5 Å². The number of carbonyl (C=O) groups is 1. The van der Waals surface area contributed by atoms with Crippen LogP contribution in [0.2, 0.25) is 0 Å². The molecule has 8 heteroatoms. The fourth-order valence-corrected chi connectivity index (χ4v) is 3.91. The lowest BCUT2D eigenvalue weighted by Crippen LogP contribution is -2.33. The van der Waals surface area contributed by atoms with Crippen molar-refractivity contribution in [2.75, 3.05) is 7.11 Å². The van der Waals surface area contributed by atoms with E-state index in [2.05, 4.69) is 5.32 Å². The maximum Gasteiger partial charge on any atom is 0.273 e. The first kappa shape index (κ1) is 21.1. The zero-order valence-electron chi connectivity index (χ0n) is 17.3. The Hall–Kier alpha value is -3.60. The Morgan fingerprint density at radius 1 is 1.33 bits per heavy atom. The summed E-state index contributed by atoms with van der Waals surface area (Å²) in [7, 11) is 1.46. The second-order valence-electron chi connectivity index (χ2n) is 7.40. The molecule has 0 radical (unpaired) electrons.